The second kappa shape index (κ2) is 6.70. The normalized spacial score (nSPS) is 13.0. The first-order valence-electron chi connectivity index (χ1n) is 6.85. The average Bonchev–Trinajstić information content (AvgIpc) is 2.46. The molecular formula is C15H18O6P2. The molecule has 8 heteroatoms. The first-order valence-corrected chi connectivity index (χ1v) is 10.1. The largest absolute Gasteiger partial charge is 0.344 e. The maximum absolute atomic E-state index is 12.1. The summed E-state index contributed by atoms with van der Waals surface area (Å²) in [6.07, 6.45) is -0.839. The highest BCUT2D eigenvalue weighted by molar-refractivity contribution is 7.72. The molecule has 124 valence electrons. The van der Waals surface area contributed by atoms with Gasteiger partial charge in [0.05, 0.1) is 0 Å². The SMILES string of the molecule is O=P(O)(O)C(Cc1ccccc1)(Cc1ccccc1)P(=O)(O)O. The molecule has 0 unspecified atom stereocenters. The van der Waals surface area contributed by atoms with Crippen LogP contribution in [0.3, 0.4) is 0 Å². The van der Waals surface area contributed by atoms with Gasteiger partial charge in [-0.05, 0) is 11.1 Å². The third kappa shape index (κ3) is 3.99. The van der Waals surface area contributed by atoms with Crippen molar-refractivity contribution in [2.24, 2.45) is 0 Å². The Kier molecular flexibility index (Phi) is 5.27. The van der Waals surface area contributed by atoms with Crippen LogP contribution in [0.1, 0.15) is 11.1 Å². The highest BCUT2D eigenvalue weighted by atomic mass is 31.2. The molecular weight excluding hydrogens is 338 g/mol. The van der Waals surface area contributed by atoms with Crippen molar-refractivity contribution in [3.8, 4) is 0 Å². The quantitative estimate of drug-likeness (QED) is 0.591. The van der Waals surface area contributed by atoms with Crippen molar-refractivity contribution in [1.82, 2.24) is 0 Å². The van der Waals surface area contributed by atoms with Gasteiger partial charge in [0.1, 0.15) is 0 Å². The third-order valence-electron chi connectivity index (χ3n) is 3.74. The van der Waals surface area contributed by atoms with Crippen LogP contribution in [0.15, 0.2) is 60.7 Å². The molecule has 0 bridgehead atoms. The lowest BCUT2D eigenvalue weighted by atomic mass is 10.0. The minimum absolute atomic E-state index is 0.419. The van der Waals surface area contributed by atoms with Crippen LogP contribution in [0.25, 0.3) is 0 Å². The van der Waals surface area contributed by atoms with Gasteiger partial charge in [0.25, 0.3) is 0 Å². The molecule has 2 rings (SSSR count). The number of benzene rings is 2. The minimum atomic E-state index is -5.12. The molecule has 2 aromatic rings. The molecule has 0 aromatic heterocycles. The first kappa shape index (κ1) is 18.1. The van der Waals surface area contributed by atoms with Crippen molar-refractivity contribution in [1.29, 1.82) is 0 Å². The molecule has 0 aliphatic carbocycles. The molecule has 0 saturated heterocycles. The molecule has 0 amide bonds. The van der Waals surface area contributed by atoms with Crippen LogP contribution in [0.2, 0.25) is 0 Å². The molecule has 0 aliphatic heterocycles. The lowest BCUT2D eigenvalue weighted by Crippen LogP contribution is -2.34. The van der Waals surface area contributed by atoms with E-state index in [-0.39, 0.29) is 0 Å². The van der Waals surface area contributed by atoms with Crippen molar-refractivity contribution in [2.45, 2.75) is 17.7 Å². The van der Waals surface area contributed by atoms with E-state index in [4.69, 9.17) is 0 Å². The van der Waals surface area contributed by atoms with Gasteiger partial charge in [0, 0.05) is 12.8 Å². The Labute approximate surface area is 134 Å². The van der Waals surface area contributed by atoms with Crippen LogP contribution in [0.5, 0.6) is 0 Å². The van der Waals surface area contributed by atoms with Gasteiger partial charge in [-0.15, -0.1) is 0 Å². The van der Waals surface area contributed by atoms with E-state index in [0.29, 0.717) is 11.1 Å². The number of rotatable bonds is 6. The summed E-state index contributed by atoms with van der Waals surface area (Å²) in [6, 6.07) is 16.4. The van der Waals surface area contributed by atoms with E-state index in [0.717, 1.165) is 0 Å². The summed E-state index contributed by atoms with van der Waals surface area (Å²) < 4.78 is 24.2. The van der Waals surface area contributed by atoms with Gasteiger partial charge in [-0.3, -0.25) is 9.13 Å². The summed E-state index contributed by atoms with van der Waals surface area (Å²) in [5.41, 5.74) is 0.908. The van der Waals surface area contributed by atoms with Crippen molar-refractivity contribution in [2.75, 3.05) is 0 Å². The molecule has 23 heavy (non-hydrogen) atoms. The molecule has 0 radical (unpaired) electrons. The smallest absolute Gasteiger partial charge is 0.324 e. The van der Waals surface area contributed by atoms with E-state index < -0.39 is 32.9 Å². The molecule has 0 saturated carbocycles. The Morgan fingerprint density at radius 2 is 0.957 bits per heavy atom. The zero-order chi connectivity index (χ0) is 17.1. The first-order chi connectivity index (χ1) is 10.7. The van der Waals surface area contributed by atoms with E-state index in [1.807, 2.05) is 0 Å². The zero-order valence-electron chi connectivity index (χ0n) is 12.2. The van der Waals surface area contributed by atoms with Crippen molar-refractivity contribution < 1.29 is 28.7 Å². The van der Waals surface area contributed by atoms with Gasteiger partial charge in [0.15, 0.2) is 4.90 Å². The van der Waals surface area contributed by atoms with Crippen LogP contribution in [-0.4, -0.2) is 24.5 Å². The van der Waals surface area contributed by atoms with E-state index in [2.05, 4.69) is 0 Å². The highest BCUT2D eigenvalue weighted by Crippen LogP contribution is 2.71. The van der Waals surface area contributed by atoms with E-state index >= 15 is 0 Å². The molecule has 6 nitrogen and oxygen atoms in total. The van der Waals surface area contributed by atoms with Crippen LogP contribution in [0, 0.1) is 0 Å². The third-order valence-corrected chi connectivity index (χ3v) is 8.11. The fraction of sp³-hybridized carbons (Fsp3) is 0.200. The summed E-state index contributed by atoms with van der Waals surface area (Å²) in [6.45, 7) is 0. The van der Waals surface area contributed by atoms with E-state index in [9.17, 15) is 28.7 Å². The van der Waals surface area contributed by atoms with Crippen LogP contribution in [0.4, 0.5) is 0 Å². The molecule has 0 aliphatic rings. The predicted octanol–water partition coefficient (Wildman–Crippen LogP) is 2.52. The number of hydrogen-bond donors (Lipinski definition) is 4. The maximum Gasteiger partial charge on any atom is 0.344 e. The van der Waals surface area contributed by atoms with Gasteiger partial charge >= 0.3 is 15.2 Å². The molecule has 2 aromatic carbocycles. The van der Waals surface area contributed by atoms with Crippen LogP contribution < -0.4 is 0 Å². The van der Waals surface area contributed by atoms with Gasteiger partial charge in [-0.2, -0.15) is 0 Å². The standard InChI is InChI=1S/C15H18O6P2/c16-22(17,18)15(23(19,20)21,11-13-7-3-1-4-8-13)12-14-9-5-2-6-10-14/h1-10H,11-12H2,(H2,16,17,18)(H2,19,20,21). The monoisotopic (exact) mass is 356 g/mol. The Morgan fingerprint density at radius 3 is 1.22 bits per heavy atom. The lowest BCUT2D eigenvalue weighted by molar-refractivity contribution is 0.304. The van der Waals surface area contributed by atoms with Gasteiger partial charge < -0.3 is 19.6 Å². The highest BCUT2D eigenvalue weighted by Gasteiger charge is 2.59. The van der Waals surface area contributed by atoms with E-state index in [1.54, 1.807) is 60.7 Å². The summed E-state index contributed by atoms with van der Waals surface area (Å²) in [5, 5.41) is 0. The Morgan fingerprint density at radius 1 is 0.652 bits per heavy atom. The minimum Gasteiger partial charge on any atom is -0.324 e. The fourth-order valence-electron chi connectivity index (χ4n) is 2.49. The Hall–Kier alpha value is -1.26. The summed E-state index contributed by atoms with van der Waals surface area (Å²) >= 11 is 0. The van der Waals surface area contributed by atoms with Gasteiger partial charge in [-0.25, -0.2) is 0 Å². The second-order valence-electron chi connectivity index (χ2n) is 5.40. The van der Waals surface area contributed by atoms with Crippen LogP contribution in [-0.2, 0) is 22.0 Å². The van der Waals surface area contributed by atoms with Crippen LogP contribution >= 0.6 is 15.2 Å². The topological polar surface area (TPSA) is 115 Å². The number of hydrogen-bond acceptors (Lipinski definition) is 2. The predicted molar refractivity (Wildman–Crippen MR) is 87.1 cm³/mol. The van der Waals surface area contributed by atoms with Gasteiger partial charge in [0.2, 0.25) is 0 Å². The fourth-order valence-corrected chi connectivity index (χ4v) is 5.40. The Balaban J connectivity index is 2.56. The summed E-state index contributed by atoms with van der Waals surface area (Å²) in [5.74, 6) is 0. The summed E-state index contributed by atoms with van der Waals surface area (Å²) in [4.78, 5) is 36.7. The van der Waals surface area contributed by atoms with Crippen molar-refractivity contribution >= 4 is 15.2 Å². The maximum atomic E-state index is 12.1. The second-order valence-corrected chi connectivity index (χ2v) is 9.64. The molecule has 0 atom stereocenters. The Bertz CT molecular complexity index is 670. The molecule has 4 N–H and O–H groups in total. The van der Waals surface area contributed by atoms with Gasteiger partial charge in [-0.1, -0.05) is 60.7 Å². The van der Waals surface area contributed by atoms with E-state index in [1.165, 1.54) is 0 Å². The average molecular weight is 356 g/mol. The molecule has 0 fully saturated rings. The summed E-state index contributed by atoms with van der Waals surface area (Å²) in [7, 11) is -10.2. The zero-order valence-corrected chi connectivity index (χ0v) is 14.0. The molecule has 0 spiro atoms. The van der Waals surface area contributed by atoms with Crippen molar-refractivity contribution in [3.05, 3.63) is 71.8 Å². The van der Waals surface area contributed by atoms with Crippen molar-refractivity contribution in [3.63, 3.8) is 0 Å². The molecule has 0 heterocycles. The lowest BCUT2D eigenvalue weighted by Gasteiger charge is -2.35.